The Morgan fingerprint density at radius 1 is 1.00 bits per heavy atom. The SMILES string of the molecule is Cc1c(C(=O)O)c(O)cc2c1C(=O)c1c(O)c(C3O[C@H](CO)C([C]#[Ho])[C@H](O)[C@H]3O)c(O)c(O)c1C2=O.[CH3-]. The van der Waals surface area contributed by atoms with Crippen molar-refractivity contribution >= 4 is 17.5 Å². The number of benzene rings is 2. The number of fused-ring (bicyclic) bond motifs is 2. The van der Waals surface area contributed by atoms with Crippen LogP contribution < -0.4 is 0 Å². The standard InChI is InChI=1S/C23H19O12.CH3.Ho/c1-5-9(4-24)35-22(21(32)15(5)26)14-18(29)13-12(19(30)20(14)31)16(27)7-3-8(25)11(23(33)34)6(2)10(7)17(13)28;;/h3,5,9,15,21-22,24-26,29-32H,4H2,2H3,(H,33,34);1H3;/q;-1;/t5?,9-,15+,21-,22?;;/m1../s1. The second kappa shape index (κ2) is 10.2. The Hall–Kier alpha value is -2.67. The molecule has 8 N–H and O–H groups in total. The fourth-order valence-corrected chi connectivity index (χ4v) is 5.40. The number of hydrogen-bond acceptors (Lipinski definition) is 11. The zero-order valence-corrected chi connectivity index (χ0v) is 21.1. The predicted octanol–water partition coefficient (Wildman–Crippen LogP) is 0.0200. The summed E-state index contributed by atoms with van der Waals surface area (Å²) in [5.41, 5.74) is -4.21. The van der Waals surface area contributed by atoms with Crippen LogP contribution in [0.25, 0.3) is 0 Å². The number of ketones is 2. The van der Waals surface area contributed by atoms with E-state index >= 15 is 0 Å². The number of aliphatic hydroxyl groups excluding tert-OH is 3. The van der Waals surface area contributed by atoms with Gasteiger partial charge in [-0.05, 0) is 0 Å². The van der Waals surface area contributed by atoms with Crippen LogP contribution in [0.2, 0.25) is 0 Å². The summed E-state index contributed by atoms with van der Waals surface area (Å²) >= 11 is 1.86. The van der Waals surface area contributed by atoms with Crippen LogP contribution >= 0.6 is 0 Å². The molecule has 0 saturated carbocycles. The minimum Gasteiger partial charge on any atom is -0.358 e. The zero-order chi connectivity index (χ0) is 26.8. The maximum atomic E-state index is 13.5. The Labute approximate surface area is 232 Å². The van der Waals surface area contributed by atoms with Gasteiger partial charge in [0.1, 0.15) is 5.75 Å². The van der Waals surface area contributed by atoms with Crippen LogP contribution in [0.3, 0.4) is 0 Å². The number of hydrogen-bond donors (Lipinski definition) is 8. The van der Waals surface area contributed by atoms with Gasteiger partial charge in [-0.25, -0.2) is 4.79 Å². The molecule has 1 aliphatic heterocycles. The molecule has 1 aliphatic carbocycles. The van der Waals surface area contributed by atoms with Crippen molar-refractivity contribution < 1.29 is 95.0 Å². The normalized spacial score (nSPS) is 24.5. The first-order chi connectivity index (χ1) is 16.9. The minimum atomic E-state index is -1.84. The van der Waals surface area contributed by atoms with E-state index in [-0.39, 0.29) is 13.0 Å². The molecule has 1 heterocycles. The van der Waals surface area contributed by atoms with E-state index < -0.39 is 111 Å². The summed E-state index contributed by atoms with van der Waals surface area (Å²) in [4.78, 5) is 38.2. The first kappa shape index (κ1) is 28.9. The van der Waals surface area contributed by atoms with Gasteiger partial charge in [-0.2, -0.15) is 0 Å². The molecule has 1 fully saturated rings. The van der Waals surface area contributed by atoms with Gasteiger partial charge in [0.25, 0.3) is 0 Å². The molecule has 2 aromatic carbocycles. The third kappa shape index (κ3) is 4.10. The molecular formula is C24H22HoO12-. The summed E-state index contributed by atoms with van der Waals surface area (Å²) in [6.45, 7) is 0.504. The number of aromatic hydroxyl groups is 4. The van der Waals surface area contributed by atoms with Crippen molar-refractivity contribution in [3.05, 3.63) is 52.4 Å². The molecule has 2 aliphatic rings. The van der Waals surface area contributed by atoms with Crippen molar-refractivity contribution in [1.82, 2.24) is 0 Å². The van der Waals surface area contributed by atoms with E-state index in [2.05, 4.69) is 1.87 Å². The average molecular weight is 667 g/mol. The molecular weight excluding hydrogens is 645 g/mol. The number of aromatic carboxylic acids is 1. The molecule has 1 saturated heterocycles. The number of phenols is 4. The van der Waals surface area contributed by atoms with E-state index in [1.54, 1.807) is 0 Å². The monoisotopic (exact) mass is 667 g/mol. The molecule has 0 aromatic heterocycles. The van der Waals surface area contributed by atoms with E-state index in [0.29, 0.717) is 0 Å². The summed E-state index contributed by atoms with van der Waals surface area (Å²) in [6, 6.07) is 0.739. The van der Waals surface area contributed by atoms with E-state index in [1.165, 1.54) is 6.92 Å². The maximum Gasteiger partial charge on any atom is -0.358 e. The van der Waals surface area contributed by atoms with E-state index in [4.69, 9.17) is 4.74 Å². The first-order valence-corrected chi connectivity index (χ1v) is 11.3. The van der Waals surface area contributed by atoms with E-state index in [9.17, 15) is 55.2 Å². The molecule has 37 heavy (non-hydrogen) atoms. The number of carbonyl (C=O) groups is 3. The molecule has 0 bridgehead atoms. The van der Waals surface area contributed by atoms with Crippen LogP contribution in [0.15, 0.2) is 6.07 Å². The Kier molecular flexibility index (Phi) is 8.00. The van der Waals surface area contributed by atoms with Gasteiger partial charge in [-0.1, -0.05) is 0 Å². The summed E-state index contributed by atoms with van der Waals surface area (Å²) in [5.74, 6) is -8.95. The third-order valence-electron chi connectivity index (χ3n) is 6.47. The zero-order valence-electron chi connectivity index (χ0n) is 19.2. The third-order valence-corrected chi connectivity index (χ3v) is 7.11. The molecule has 4 rings (SSSR count). The van der Waals surface area contributed by atoms with E-state index in [1.807, 2.05) is 35.0 Å². The van der Waals surface area contributed by atoms with Gasteiger partial charge in [0, 0.05) is 0 Å². The fourth-order valence-electron chi connectivity index (χ4n) is 4.71. The van der Waals surface area contributed by atoms with Gasteiger partial charge in [-0.3, -0.25) is 0 Å². The van der Waals surface area contributed by atoms with Crippen LogP contribution in [0.1, 0.15) is 59.4 Å². The molecule has 0 radical (unpaired) electrons. The van der Waals surface area contributed by atoms with Crippen molar-refractivity contribution in [2.75, 3.05) is 6.61 Å². The van der Waals surface area contributed by atoms with Crippen molar-refractivity contribution in [3.8, 4) is 24.9 Å². The molecule has 5 atom stereocenters. The number of aliphatic hydroxyl groups is 3. The molecule has 202 valence electrons. The molecule has 12 nitrogen and oxygen atoms in total. The second-order valence-electron chi connectivity index (χ2n) is 8.36. The largest absolute Gasteiger partial charge is 0.358 e. The number of carboxylic acid groups (broad SMARTS) is 1. The van der Waals surface area contributed by atoms with Gasteiger partial charge >= 0.3 is 206 Å². The first-order valence-electron chi connectivity index (χ1n) is 10.3. The number of ether oxygens (including phenoxy) is 1. The number of rotatable bonds is 3. The molecule has 0 spiro atoms. The van der Waals surface area contributed by atoms with Crippen molar-refractivity contribution in [3.63, 3.8) is 0 Å². The van der Waals surface area contributed by atoms with Crippen LogP contribution in [0.5, 0.6) is 23.0 Å². The van der Waals surface area contributed by atoms with Gasteiger partial charge in [0.2, 0.25) is 0 Å². The summed E-state index contributed by atoms with van der Waals surface area (Å²) in [5, 5.41) is 82.8. The van der Waals surface area contributed by atoms with E-state index in [0.717, 1.165) is 6.07 Å². The van der Waals surface area contributed by atoms with Crippen molar-refractivity contribution in [1.29, 1.82) is 0 Å². The topological polar surface area (TPSA) is 222 Å². The summed E-state index contributed by atoms with van der Waals surface area (Å²) in [7, 11) is 0. The molecule has 0 amide bonds. The van der Waals surface area contributed by atoms with Crippen molar-refractivity contribution in [2.45, 2.75) is 31.3 Å². The second-order valence-corrected chi connectivity index (χ2v) is 8.92. The Bertz CT molecular complexity index is 1390. The summed E-state index contributed by atoms with van der Waals surface area (Å²) < 4.78 is 8.17. The average Bonchev–Trinajstić information content (AvgIpc) is 2.81. The number of phenolic OH excluding ortho intramolecular Hbond substituents is 3. The molecule has 13 heteroatoms. The summed E-state index contributed by atoms with van der Waals surface area (Å²) in [6.07, 6.45) is -6.39. The Balaban J connectivity index is 0.00000380. The maximum absolute atomic E-state index is 13.5. The van der Waals surface area contributed by atoms with Crippen LogP contribution in [-0.4, -0.2) is 83.3 Å². The fraction of sp³-hybridized carbons (Fsp3) is 0.292. The molecule has 2 aromatic rings. The van der Waals surface area contributed by atoms with Crippen molar-refractivity contribution in [2.24, 2.45) is 5.92 Å². The number of carbonyl (C=O) groups excluding carboxylic acids is 2. The minimum absolute atomic E-state index is 0. The van der Waals surface area contributed by atoms with Crippen LogP contribution in [0.4, 0.5) is 0 Å². The van der Waals surface area contributed by atoms with Gasteiger partial charge in [0.05, 0.1) is 0 Å². The van der Waals surface area contributed by atoms with Gasteiger partial charge in [-0.15, -0.1) is 0 Å². The van der Waals surface area contributed by atoms with Gasteiger partial charge < -0.3 is 17.6 Å². The quantitative estimate of drug-likeness (QED) is 0.0802. The Morgan fingerprint density at radius 2 is 1.59 bits per heavy atom. The Morgan fingerprint density at radius 3 is 2.14 bits per heavy atom. The van der Waals surface area contributed by atoms with Crippen LogP contribution in [-0.2, 0) is 4.74 Å². The van der Waals surface area contributed by atoms with Crippen LogP contribution in [0, 0.1) is 57.2 Å². The predicted molar refractivity (Wildman–Crippen MR) is 119 cm³/mol. The molecule has 2 unspecified atom stereocenters. The smallest absolute Gasteiger partial charge is 0.358 e. The van der Waals surface area contributed by atoms with Gasteiger partial charge in [0.15, 0.2) is 0 Å². The number of carboxylic acids is 1.